The highest BCUT2D eigenvalue weighted by Gasteiger charge is 2.36. The van der Waals surface area contributed by atoms with Gasteiger partial charge in [0.2, 0.25) is 11.8 Å². The van der Waals surface area contributed by atoms with E-state index in [9.17, 15) is 9.59 Å². The summed E-state index contributed by atoms with van der Waals surface area (Å²) >= 11 is 0. The van der Waals surface area contributed by atoms with E-state index in [4.69, 9.17) is 5.11 Å². The highest BCUT2D eigenvalue weighted by Crippen LogP contribution is 2.20. The van der Waals surface area contributed by atoms with E-state index in [0.29, 0.717) is 0 Å². The molecule has 0 spiro atoms. The molecule has 1 atom stereocenters. The Morgan fingerprint density at radius 1 is 1.10 bits per heavy atom. The summed E-state index contributed by atoms with van der Waals surface area (Å²) < 4.78 is 0. The average molecular weight is 295 g/mol. The maximum atomic E-state index is 11.7. The Morgan fingerprint density at radius 2 is 1.71 bits per heavy atom. The second kappa shape index (κ2) is 10.6. The summed E-state index contributed by atoms with van der Waals surface area (Å²) in [4.78, 5) is 24.1. The molecule has 1 fully saturated rings. The van der Waals surface area contributed by atoms with Crippen LogP contribution in [0.1, 0.15) is 71.1 Å². The fraction of sp³-hybridized carbons (Fsp3) is 0.765. The third-order valence-electron chi connectivity index (χ3n) is 4.01. The monoisotopic (exact) mass is 295 g/mol. The van der Waals surface area contributed by atoms with E-state index in [2.05, 4.69) is 6.92 Å². The lowest BCUT2D eigenvalue weighted by Gasteiger charge is -2.08. The van der Waals surface area contributed by atoms with Crippen LogP contribution in [0.2, 0.25) is 0 Å². The van der Waals surface area contributed by atoms with Gasteiger partial charge in [0, 0.05) is 6.42 Å². The first-order valence-corrected chi connectivity index (χ1v) is 8.32. The number of carbonyl (C=O) groups excluding carboxylic acids is 2. The number of likely N-dealkylation sites (tertiary alicyclic amines) is 1. The van der Waals surface area contributed by atoms with Crippen LogP contribution in [0.15, 0.2) is 12.2 Å². The molecule has 1 unspecified atom stereocenters. The quantitative estimate of drug-likeness (QED) is 0.361. The Balaban J connectivity index is 2.05. The molecule has 0 aliphatic carbocycles. The molecule has 0 aromatic carbocycles. The molecule has 0 aromatic heterocycles. The molecule has 1 aliphatic heterocycles. The zero-order chi connectivity index (χ0) is 15.5. The van der Waals surface area contributed by atoms with Crippen molar-refractivity contribution in [3.8, 4) is 0 Å². The lowest BCUT2D eigenvalue weighted by Crippen LogP contribution is -2.31. The maximum Gasteiger partial charge on any atom is 0.238 e. The molecule has 21 heavy (non-hydrogen) atoms. The van der Waals surface area contributed by atoms with E-state index < -0.39 is 6.73 Å². The standard InChI is InChI=1S/C17H29NO3/c1-2-3-4-5-6-7-8-9-10-11-12-15-13-16(20)18(14-19)17(15)21/h11-12,15,19H,2-10,13-14H2,1H3. The van der Waals surface area contributed by atoms with Gasteiger partial charge in [-0.05, 0) is 12.8 Å². The van der Waals surface area contributed by atoms with Gasteiger partial charge >= 0.3 is 0 Å². The molecule has 1 aliphatic rings. The Labute approximate surface area is 128 Å². The number of carbonyl (C=O) groups is 2. The largest absolute Gasteiger partial charge is 0.376 e. The molecule has 0 bridgehead atoms. The second-order valence-electron chi connectivity index (χ2n) is 5.80. The van der Waals surface area contributed by atoms with Crippen molar-refractivity contribution in [3.63, 3.8) is 0 Å². The van der Waals surface area contributed by atoms with Crippen LogP contribution in [0.5, 0.6) is 0 Å². The number of aliphatic hydroxyl groups excluding tert-OH is 1. The smallest absolute Gasteiger partial charge is 0.238 e. The molecule has 0 saturated carbocycles. The highest BCUT2D eigenvalue weighted by atomic mass is 16.3. The Bertz CT molecular complexity index is 352. The third-order valence-corrected chi connectivity index (χ3v) is 4.01. The van der Waals surface area contributed by atoms with E-state index in [1.54, 1.807) is 0 Å². The molecular formula is C17H29NO3. The lowest BCUT2D eigenvalue weighted by molar-refractivity contribution is -0.143. The Hall–Kier alpha value is -1.16. The fourth-order valence-corrected chi connectivity index (χ4v) is 2.66. The van der Waals surface area contributed by atoms with Crippen molar-refractivity contribution in [3.05, 3.63) is 12.2 Å². The molecule has 1 rings (SSSR count). The topological polar surface area (TPSA) is 57.6 Å². The van der Waals surface area contributed by atoms with E-state index in [-0.39, 0.29) is 24.2 Å². The number of imide groups is 1. The van der Waals surface area contributed by atoms with Crippen molar-refractivity contribution < 1.29 is 14.7 Å². The Morgan fingerprint density at radius 3 is 2.29 bits per heavy atom. The maximum absolute atomic E-state index is 11.7. The van der Waals surface area contributed by atoms with E-state index in [0.717, 1.165) is 17.7 Å². The van der Waals surface area contributed by atoms with Gasteiger partial charge in [-0.15, -0.1) is 0 Å². The average Bonchev–Trinajstić information content (AvgIpc) is 2.75. The molecular weight excluding hydrogens is 266 g/mol. The lowest BCUT2D eigenvalue weighted by atomic mass is 10.0. The van der Waals surface area contributed by atoms with Crippen LogP contribution in [0, 0.1) is 5.92 Å². The van der Waals surface area contributed by atoms with Crippen LogP contribution in [-0.4, -0.2) is 28.6 Å². The van der Waals surface area contributed by atoms with Gasteiger partial charge in [0.25, 0.3) is 0 Å². The summed E-state index contributed by atoms with van der Waals surface area (Å²) in [7, 11) is 0. The molecule has 1 saturated heterocycles. The minimum atomic E-state index is -0.500. The van der Waals surface area contributed by atoms with Gasteiger partial charge in [-0.3, -0.25) is 14.5 Å². The Kier molecular flexibility index (Phi) is 8.99. The zero-order valence-electron chi connectivity index (χ0n) is 13.2. The number of amides is 2. The number of unbranched alkanes of at least 4 members (excludes halogenated alkanes) is 8. The van der Waals surface area contributed by atoms with Gasteiger partial charge in [-0.25, -0.2) is 0 Å². The van der Waals surface area contributed by atoms with Crippen molar-refractivity contribution >= 4 is 11.8 Å². The van der Waals surface area contributed by atoms with E-state index >= 15 is 0 Å². The van der Waals surface area contributed by atoms with Gasteiger partial charge in [0.15, 0.2) is 0 Å². The van der Waals surface area contributed by atoms with Crippen molar-refractivity contribution in [2.24, 2.45) is 5.92 Å². The molecule has 4 heteroatoms. The van der Waals surface area contributed by atoms with E-state index in [1.165, 1.54) is 44.9 Å². The molecule has 0 aromatic rings. The van der Waals surface area contributed by atoms with Gasteiger partial charge in [-0.2, -0.15) is 0 Å². The molecule has 1 heterocycles. The summed E-state index contributed by atoms with van der Waals surface area (Å²) in [5.74, 6) is -0.905. The number of aliphatic hydroxyl groups is 1. The number of hydrogen-bond donors (Lipinski definition) is 1. The molecule has 0 radical (unpaired) electrons. The van der Waals surface area contributed by atoms with Crippen LogP contribution in [-0.2, 0) is 9.59 Å². The first-order chi connectivity index (χ1) is 10.2. The van der Waals surface area contributed by atoms with Crippen molar-refractivity contribution in [1.82, 2.24) is 4.90 Å². The third kappa shape index (κ3) is 6.42. The summed E-state index contributed by atoms with van der Waals surface area (Å²) in [5, 5.41) is 8.93. The van der Waals surface area contributed by atoms with Crippen LogP contribution in [0.25, 0.3) is 0 Å². The van der Waals surface area contributed by atoms with Gasteiger partial charge in [-0.1, -0.05) is 64.0 Å². The van der Waals surface area contributed by atoms with Crippen molar-refractivity contribution in [2.75, 3.05) is 6.73 Å². The summed E-state index contributed by atoms with van der Waals surface area (Å²) in [5.41, 5.74) is 0. The minimum Gasteiger partial charge on any atom is -0.376 e. The van der Waals surface area contributed by atoms with Crippen molar-refractivity contribution in [1.29, 1.82) is 0 Å². The number of nitrogens with zero attached hydrogens (tertiary/aromatic N) is 1. The highest BCUT2D eigenvalue weighted by molar-refractivity contribution is 6.04. The van der Waals surface area contributed by atoms with E-state index in [1.807, 2.05) is 12.2 Å². The second-order valence-corrected chi connectivity index (χ2v) is 5.80. The van der Waals surface area contributed by atoms with Gasteiger partial charge < -0.3 is 5.11 Å². The number of hydrogen-bond acceptors (Lipinski definition) is 3. The molecule has 4 nitrogen and oxygen atoms in total. The van der Waals surface area contributed by atoms with Gasteiger partial charge in [0.1, 0.15) is 6.73 Å². The molecule has 2 amide bonds. The molecule has 120 valence electrons. The minimum absolute atomic E-state index is 0.202. The van der Waals surface area contributed by atoms with Crippen LogP contribution in [0.3, 0.4) is 0 Å². The predicted molar refractivity (Wildman–Crippen MR) is 83.4 cm³/mol. The van der Waals surface area contributed by atoms with Crippen molar-refractivity contribution in [2.45, 2.75) is 71.1 Å². The normalized spacial score (nSPS) is 19.1. The van der Waals surface area contributed by atoms with Gasteiger partial charge in [0.05, 0.1) is 5.92 Å². The summed E-state index contributed by atoms with van der Waals surface area (Å²) in [6, 6.07) is 0. The summed E-state index contributed by atoms with van der Waals surface area (Å²) in [6.07, 6.45) is 15.3. The number of rotatable bonds is 11. The first kappa shape index (κ1) is 17.9. The number of allylic oxidation sites excluding steroid dienone is 1. The fourth-order valence-electron chi connectivity index (χ4n) is 2.66. The predicted octanol–water partition coefficient (Wildman–Crippen LogP) is 3.40. The van der Waals surface area contributed by atoms with Crippen LogP contribution >= 0.6 is 0 Å². The van der Waals surface area contributed by atoms with Crippen LogP contribution < -0.4 is 0 Å². The van der Waals surface area contributed by atoms with Crippen LogP contribution in [0.4, 0.5) is 0 Å². The molecule has 1 N–H and O–H groups in total. The summed E-state index contributed by atoms with van der Waals surface area (Å²) in [6.45, 7) is 1.73. The zero-order valence-corrected chi connectivity index (χ0v) is 13.2. The first-order valence-electron chi connectivity index (χ1n) is 8.32. The SMILES string of the molecule is CCCCCCCCCCC=CC1CC(=O)N(CO)C1=O.